The molecular formula is C20H26N2O3. The Bertz CT molecular complexity index is 654. The highest BCUT2D eigenvalue weighted by Crippen LogP contribution is 2.55. The fourth-order valence-electron chi connectivity index (χ4n) is 5.77. The number of esters is 1. The van der Waals surface area contributed by atoms with E-state index in [1.54, 1.807) is 19.1 Å². The van der Waals surface area contributed by atoms with Crippen molar-refractivity contribution in [3.05, 3.63) is 23.3 Å². The molecule has 4 fully saturated rings. The van der Waals surface area contributed by atoms with E-state index in [4.69, 9.17) is 10.1 Å². The van der Waals surface area contributed by atoms with E-state index in [-0.39, 0.29) is 35.8 Å². The summed E-state index contributed by atoms with van der Waals surface area (Å²) in [7, 11) is 0. The van der Waals surface area contributed by atoms with Crippen LogP contribution in [0.2, 0.25) is 0 Å². The SMILES string of the molecule is CCOC(=O)C1=CC=C(C(=O)NC23CC4CC(CC(C4)C2)C3)CC1=N. The fourth-order valence-corrected chi connectivity index (χ4v) is 5.77. The Kier molecular flexibility index (Phi) is 4.05. The molecule has 0 heterocycles. The molecule has 2 N–H and O–H groups in total. The third-order valence-corrected chi connectivity index (χ3v) is 6.35. The van der Waals surface area contributed by atoms with E-state index >= 15 is 0 Å². The van der Waals surface area contributed by atoms with Gasteiger partial charge in [0.25, 0.3) is 0 Å². The lowest BCUT2D eigenvalue weighted by molar-refractivity contribution is -0.138. The summed E-state index contributed by atoms with van der Waals surface area (Å²) in [6, 6.07) is 0. The molecule has 25 heavy (non-hydrogen) atoms. The number of amides is 1. The molecule has 0 atom stereocenters. The Hall–Kier alpha value is -1.91. The van der Waals surface area contributed by atoms with Gasteiger partial charge in [-0.15, -0.1) is 0 Å². The molecule has 0 unspecified atom stereocenters. The molecule has 5 aliphatic rings. The van der Waals surface area contributed by atoms with Gasteiger partial charge in [0.05, 0.1) is 17.9 Å². The second-order valence-corrected chi connectivity index (χ2v) is 8.30. The molecule has 0 aromatic heterocycles. The van der Waals surface area contributed by atoms with E-state index in [1.807, 2.05) is 0 Å². The molecule has 134 valence electrons. The van der Waals surface area contributed by atoms with Crippen molar-refractivity contribution in [3.63, 3.8) is 0 Å². The van der Waals surface area contributed by atoms with Crippen molar-refractivity contribution in [2.24, 2.45) is 17.8 Å². The molecule has 0 radical (unpaired) electrons. The maximum atomic E-state index is 12.8. The minimum atomic E-state index is -0.482. The van der Waals surface area contributed by atoms with Gasteiger partial charge in [0.15, 0.2) is 0 Å². The highest BCUT2D eigenvalue weighted by Gasteiger charge is 2.51. The third-order valence-electron chi connectivity index (χ3n) is 6.35. The molecule has 5 nitrogen and oxygen atoms in total. The Morgan fingerprint density at radius 1 is 1.16 bits per heavy atom. The molecule has 0 aromatic carbocycles. The van der Waals surface area contributed by atoms with Gasteiger partial charge in [-0.25, -0.2) is 4.79 Å². The smallest absolute Gasteiger partial charge is 0.339 e. The van der Waals surface area contributed by atoms with Crippen LogP contribution in [-0.2, 0) is 14.3 Å². The molecule has 5 heteroatoms. The number of hydrogen-bond acceptors (Lipinski definition) is 4. The number of carbonyl (C=O) groups is 2. The van der Waals surface area contributed by atoms with Gasteiger partial charge in [0.2, 0.25) is 5.91 Å². The monoisotopic (exact) mass is 342 g/mol. The van der Waals surface area contributed by atoms with Crippen molar-refractivity contribution in [2.75, 3.05) is 6.61 Å². The molecule has 5 rings (SSSR count). The van der Waals surface area contributed by atoms with Crippen molar-refractivity contribution in [2.45, 2.75) is 57.4 Å². The maximum Gasteiger partial charge on any atom is 0.339 e. The third kappa shape index (κ3) is 3.05. The first kappa shape index (κ1) is 16.6. The molecule has 0 aliphatic heterocycles. The Balaban J connectivity index is 1.47. The number of allylic oxidation sites excluding steroid dienone is 2. The molecule has 4 saturated carbocycles. The van der Waals surface area contributed by atoms with Gasteiger partial charge < -0.3 is 15.5 Å². The van der Waals surface area contributed by atoms with E-state index in [0.717, 1.165) is 37.0 Å². The van der Waals surface area contributed by atoms with Crippen LogP contribution in [0.3, 0.4) is 0 Å². The van der Waals surface area contributed by atoms with Gasteiger partial charge >= 0.3 is 5.97 Å². The predicted octanol–water partition coefficient (Wildman–Crippen LogP) is 2.91. The lowest BCUT2D eigenvalue weighted by atomic mass is 9.53. The van der Waals surface area contributed by atoms with Crippen LogP contribution >= 0.6 is 0 Å². The molecule has 1 amide bonds. The van der Waals surface area contributed by atoms with Gasteiger partial charge in [-0.05, 0) is 69.3 Å². The average Bonchev–Trinajstić information content (AvgIpc) is 2.53. The maximum absolute atomic E-state index is 12.8. The first-order valence-corrected chi connectivity index (χ1v) is 9.46. The minimum absolute atomic E-state index is 0.0278. The summed E-state index contributed by atoms with van der Waals surface area (Å²) < 4.78 is 4.96. The average molecular weight is 342 g/mol. The second-order valence-electron chi connectivity index (χ2n) is 8.30. The zero-order valence-corrected chi connectivity index (χ0v) is 14.8. The number of rotatable bonds is 4. The molecular weight excluding hydrogens is 316 g/mol. The van der Waals surface area contributed by atoms with E-state index in [9.17, 15) is 9.59 Å². The minimum Gasteiger partial charge on any atom is -0.462 e. The first-order valence-electron chi connectivity index (χ1n) is 9.46. The molecule has 5 aliphatic carbocycles. The second kappa shape index (κ2) is 6.11. The highest BCUT2D eigenvalue weighted by atomic mass is 16.5. The van der Waals surface area contributed by atoms with Crippen LogP contribution in [0.4, 0.5) is 0 Å². The van der Waals surface area contributed by atoms with Crippen LogP contribution in [0.15, 0.2) is 23.3 Å². The van der Waals surface area contributed by atoms with E-state index in [1.165, 1.54) is 19.3 Å². The number of hydrogen-bond donors (Lipinski definition) is 2. The van der Waals surface area contributed by atoms with Crippen molar-refractivity contribution >= 4 is 17.6 Å². The standard InChI is InChI=1S/C20H26N2O3/c1-2-25-19(24)16-4-3-15(8-17(16)21)18(23)22-20-9-12-5-13(10-20)7-14(6-12)11-20/h3-4,12-14,21H,2,5-11H2,1H3,(H,22,23). The van der Waals surface area contributed by atoms with Crippen molar-refractivity contribution in [1.29, 1.82) is 5.41 Å². The van der Waals surface area contributed by atoms with E-state index in [0.29, 0.717) is 5.57 Å². The summed E-state index contributed by atoms with van der Waals surface area (Å²) in [6.45, 7) is 2.03. The Morgan fingerprint density at radius 3 is 2.28 bits per heavy atom. The normalized spacial score (nSPS) is 35.9. The Labute approximate surface area is 148 Å². The molecule has 4 bridgehead atoms. The summed E-state index contributed by atoms with van der Waals surface area (Å²) in [5.74, 6) is 1.79. The van der Waals surface area contributed by atoms with Crippen molar-refractivity contribution in [1.82, 2.24) is 5.32 Å². The number of ether oxygens (including phenoxy) is 1. The van der Waals surface area contributed by atoms with Crippen molar-refractivity contribution < 1.29 is 14.3 Å². The van der Waals surface area contributed by atoms with Gasteiger partial charge in [0, 0.05) is 17.5 Å². The van der Waals surface area contributed by atoms with E-state index < -0.39 is 5.97 Å². The van der Waals surface area contributed by atoms with Crippen LogP contribution in [-0.4, -0.2) is 29.7 Å². The zero-order chi connectivity index (χ0) is 17.6. The summed E-state index contributed by atoms with van der Waals surface area (Å²) >= 11 is 0. The fraction of sp³-hybridized carbons (Fsp3) is 0.650. The van der Waals surface area contributed by atoms with Crippen LogP contribution in [0.5, 0.6) is 0 Å². The molecule has 0 spiro atoms. The Morgan fingerprint density at radius 2 is 1.76 bits per heavy atom. The summed E-state index contributed by atoms with van der Waals surface area (Å²) in [5.41, 5.74) is 0.971. The van der Waals surface area contributed by atoms with Gasteiger partial charge in [-0.1, -0.05) is 6.08 Å². The zero-order valence-electron chi connectivity index (χ0n) is 14.8. The topological polar surface area (TPSA) is 79.2 Å². The van der Waals surface area contributed by atoms with Crippen molar-refractivity contribution in [3.8, 4) is 0 Å². The lowest BCUT2D eigenvalue weighted by Crippen LogP contribution is -2.60. The number of carbonyl (C=O) groups excluding carboxylic acids is 2. The first-order chi connectivity index (χ1) is 12.0. The van der Waals surface area contributed by atoms with Gasteiger partial charge in [-0.3, -0.25) is 4.79 Å². The quantitative estimate of drug-likeness (QED) is 0.771. The summed E-state index contributed by atoms with van der Waals surface area (Å²) in [6.07, 6.45) is 10.8. The highest BCUT2D eigenvalue weighted by molar-refractivity contribution is 6.22. The van der Waals surface area contributed by atoms with Crippen LogP contribution in [0.25, 0.3) is 0 Å². The van der Waals surface area contributed by atoms with Crippen LogP contribution < -0.4 is 5.32 Å². The molecule has 0 saturated heterocycles. The van der Waals surface area contributed by atoms with Gasteiger partial charge in [0.1, 0.15) is 0 Å². The van der Waals surface area contributed by atoms with Crippen LogP contribution in [0, 0.1) is 23.2 Å². The summed E-state index contributed by atoms with van der Waals surface area (Å²) in [4.78, 5) is 24.6. The van der Waals surface area contributed by atoms with E-state index in [2.05, 4.69) is 5.32 Å². The molecule has 0 aromatic rings. The van der Waals surface area contributed by atoms with Gasteiger partial charge in [-0.2, -0.15) is 0 Å². The number of nitrogens with one attached hydrogen (secondary N) is 2. The summed E-state index contributed by atoms with van der Waals surface area (Å²) in [5, 5.41) is 11.4. The predicted molar refractivity (Wildman–Crippen MR) is 94.2 cm³/mol. The van der Waals surface area contributed by atoms with Crippen LogP contribution in [0.1, 0.15) is 51.9 Å². The lowest BCUT2D eigenvalue weighted by Gasteiger charge is -2.57. The largest absolute Gasteiger partial charge is 0.462 e.